The van der Waals surface area contributed by atoms with Gasteiger partial charge in [0.25, 0.3) is 0 Å². The molecule has 0 aliphatic carbocycles. The average Bonchev–Trinajstić information content (AvgIpc) is 2.31. The normalized spacial score (nSPS) is 19.8. The van der Waals surface area contributed by atoms with Crippen molar-refractivity contribution >= 4 is 5.97 Å². The first kappa shape index (κ1) is 14.5. The van der Waals surface area contributed by atoms with Crippen molar-refractivity contribution in [3.05, 3.63) is 0 Å². The molecule has 0 saturated carbocycles. The standard InChI is InChI=1S/C13H26N2O2/c1-5-13(6-2,12(16)17)15-9-7-11(8-10-15)14(3)4/h11H,5-10H2,1-4H3,(H,16,17). The van der Waals surface area contributed by atoms with Crippen LogP contribution in [0.3, 0.4) is 0 Å². The van der Waals surface area contributed by atoms with Crippen molar-refractivity contribution < 1.29 is 9.90 Å². The van der Waals surface area contributed by atoms with Crippen molar-refractivity contribution in [2.24, 2.45) is 0 Å². The van der Waals surface area contributed by atoms with Gasteiger partial charge in [-0.3, -0.25) is 9.69 Å². The molecule has 1 N–H and O–H groups in total. The lowest BCUT2D eigenvalue weighted by Gasteiger charge is -2.44. The summed E-state index contributed by atoms with van der Waals surface area (Å²) in [5.74, 6) is -0.661. The molecule has 0 unspecified atom stereocenters. The monoisotopic (exact) mass is 242 g/mol. The van der Waals surface area contributed by atoms with Crippen LogP contribution < -0.4 is 0 Å². The topological polar surface area (TPSA) is 43.8 Å². The maximum absolute atomic E-state index is 11.5. The lowest BCUT2D eigenvalue weighted by Crippen LogP contribution is -2.57. The molecule has 1 rings (SSSR count). The SMILES string of the molecule is CCC(CC)(C(=O)O)N1CCC(N(C)C)CC1. The summed E-state index contributed by atoms with van der Waals surface area (Å²) in [5, 5.41) is 9.50. The van der Waals surface area contributed by atoms with Gasteiger partial charge in [0.15, 0.2) is 0 Å². The molecule has 0 amide bonds. The van der Waals surface area contributed by atoms with E-state index in [2.05, 4.69) is 23.9 Å². The van der Waals surface area contributed by atoms with Crippen LogP contribution in [-0.2, 0) is 4.79 Å². The first-order chi connectivity index (χ1) is 7.97. The molecule has 0 aromatic rings. The second-order valence-corrected chi connectivity index (χ2v) is 5.23. The van der Waals surface area contributed by atoms with Crippen LogP contribution in [0.4, 0.5) is 0 Å². The zero-order valence-corrected chi connectivity index (χ0v) is 11.6. The molecule has 0 bridgehead atoms. The molecular weight excluding hydrogens is 216 g/mol. The molecule has 0 aromatic carbocycles. The van der Waals surface area contributed by atoms with Crippen LogP contribution in [0.15, 0.2) is 0 Å². The van der Waals surface area contributed by atoms with Gasteiger partial charge >= 0.3 is 5.97 Å². The van der Waals surface area contributed by atoms with E-state index in [9.17, 15) is 9.90 Å². The Kier molecular flexibility index (Phi) is 4.95. The minimum atomic E-state index is -0.661. The van der Waals surface area contributed by atoms with Crippen molar-refractivity contribution in [3.63, 3.8) is 0 Å². The first-order valence-electron chi connectivity index (χ1n) is 6.62. The Morgan fingerprint density at radius 2 is 1.76 bits per heavy atom. The summed E-state index contributed by atoms with van der Waals surface area (Å²) < 4.78 is 0. The van der Waals surface area contributed by atoms with Gasteiger partial charge in [0, 0.05) is 19.1 Å². The predicted molar refractivity (Wildman–Crippen MR) is 69.2 cm³/mol. The maximum Gasteiger partial charge on any atom is 0.324 e. The molecule has 1 aliphatic heterocycles. The van der Waals surface area contributed by atoms with E-state index >= 15 is 0 Å². The summed E-state index contributed by atoms with van der Waals surface area (Å²) in [4.78, 5) is 16.0. The van der Waals surface area contributed by atoms with E-state index in [1.54, 1.807) is 0 Å². The molecular formula is C13H26N2O2. The molecule has 100 valence electrons. The third-order valence-corrected chi connectivity index (χ3v) is 4.37. The van der Waals surface area contributed by atoms with Crippen LogP contribution in [-0.4, -0.2) is 59.6 Å². The third kappa shape index (κ3) is 2.80. The van der Waals surface area contributed by atoms with Crippen molar-refractivity contribution in [3.8, 4) is 0 Å². The van der Waals surface area contributed by atoms with Gasteiger partial charge in [0.05, 0.1) is 0 Å². The van der Waals surface area contributed by atoms with Gasteiger partial charge in [-0.15, -0.1) is 0 Å². The van der Waals surface area contributed by atoms with Crippen molar-refractivity contribution in [1.29, 1.82) is 0 Å². The average molecular weight is 242 g/mol. The first-order valence-corrected chi connectivity index (χ1v) is 6.62. The number of rotatable bonds is 5. The van der Waals surface area contributed by atoms with Crippen molar-refractivity contribution in [2.75, 3.05) is 27.2 Å². The smallest absolute Gasteiger partial charge is 0.324 e. The zero-order chi connectivity index (χ0) is 13.1. The number of likely N-dealkylation sites (tertiary alicyclic amines) is 1. The number of hydrogen-bond donors (Lipinski definition) is 1. The third-order valence-electron chi connectivity index (χ3n) is 4.37. The van der Waals surface area contributed by atoms with Crippen LogP contribution in [0.1, 0.15) is 39.5 Å². The minimum absolute atomic E-state index is 0.603. The highest BCUT2D eigenvalue weighted by atomic mass is 16.4. The Bertz CT molecular complexity index is 254. The van der Waals surface area contributed by atoms with E-state index in [0.29, 0.717) is 18.9 Å². The number of hydrogen-bond acceptors (Lipinski definition) is 3. The van der Waals surface area contributed by atoms with Gasteiger partial charge in [-0.2, -0.15) is 0 Å². The van der Waals surface area contributed by atoms with Crippen LogP contribution in [0.2, 0.25) is 0 Å². The number of piperidine rings is 1. The molecule has 0 aromatic heterocycles. The highest BCUT2D eigenvalue weighted by molar-refractivity contribution is 5.78. The number of carboxylic acid groups (broad SMARTS) is 1. The molecule has 1 aliphatic rings. The number of carboxylic acids is 1. The van der Waals surface area contributed by atoms with Gasteiger partial charge in [0.2, 0.25) is 0 Å². The number of aliphatic carboxylic acids is 1. The fraction of sp³-hybridized carbons (Fsp3) is 0.923. The lowest BCUT2D eigenvalue weighted by atomic mass is 9.87. The summed E-state index contributed by atoms with van der Waals surface area (Å²) in [6.07, 6.45) is 3.51. The van der Waals surface area contributed by atoms with Crippen LogP contribution in [0, 0.1) is 0 Å². The Hall–Kier alpha value is -0.610. The van der Waals surface area contributed by atoms with Crippen LogP contribution in [0.5, 0.6) is 0 Å². The summed E-state index contributed by atoms with van der Waals surface area (Å²) in [5.41, 5.74) is -0.642. The fourth-order valence-electron chi connectivity index (χ4n) is 2.95. The highest BCUT2D eigenvalue weighted by Gasteiger charge is 2.42. The molecule has 17 heavy (non-hydrogen) atoms. The zero-order valence-electron chi connectivity index (χ0n) is 11.6. The molecule has 1 saturated heterocycles. The predicted octanol–water partition coefficient (Wildman–Crippen LogP) is 1.66. The molecule has 0 spiro atoms. The quantitative estimate of drug-likeness (QED) is 0.796. The largest absolute Gasteiger partial charge is 0.480 e. The van der Waals surface area contributed by atoms with Gasteiger partial charge in [-0.05, 0) is 39.8 Å². The molecule has 0 atom stereocenters. The van der Waals surface area contributed by atoms with Crippen molar-refractivity contribution in [2.45, 2.75) is 51.1 Å². The summed E-state index contributed by atoms with van der Waals surface area (Å²) in [6, 6.07) is 0.603. The molecule has 0 radical (unpaired) electrons. The maximum atomic E-state index is 11.5. The molecule has 1 heterocycles. The Morgan fingerprint density at radius 3 is 2.06 bits per heavy atom. The number of carbonyl (C=O) groups is 1. The lowest BCUT2D eigenvalue weighted by molar-refractivity contribution is -0.153. The van der Waals surface area contributed by atoms with Crippen molar-refractivity contribution in [1.82, 2.24) is 9.80 Å². The van der Waals surface area contributed by atoms with Gasteiger partial charge < -0.3 is 10.0 Å². The van der Waals surface area contributed by atoms with Gasteiger partial charge in [-0.1, -0.05) is 13.8 Å². The van der Waals surface area contributed by atoms with E-state index in [4.69, 9.17) is 0 Å². The minimum Gasteiger partial charge on any atom is -0.480 e. The summed E-state index contributed by atoms with van der Waals surface area (Å²) in [6.45, 7) is 5.76. The van der Waals surface area contributed by atoms with E-state index in [0.717, 1.165) is 25.9 Å². The van der Waals surface area contributed by atoms with E-state index in [1.165, 1.54) is 0 Å². The second kappa shape index (κ2) is 5.83. The Balaban J connectivity index is 2.71. The Labute approximate surface area is 105 Å². The summed E-state index contributed by atoms with van der Waals surface area (Å²) >= 11 is 0. The second-order valence-electron chi connectivity index (χ2n) is 5.23. The molecule has 4 nitrogen and oxygen atoms in total. The molecule has 1 fully saturated rings. The van der Waals surface area contributed by atoms with E-state index < -0.39 is 11.5 Å². The summed E-state index contributed by atoms with van der Waals surface area (Å²) in [7, 11) is 4.20. The van der Waals surface area contributed by atoms with Crippen LogP contribution in [0.25, 0.3) is 0 Å². The Morgan fingerprint density at radius 1 is 1.29 bits per heavy atom. The highest BCUT2D eigenvalue weighted by Crippen LogP contribution is 2.28. The fourth-order valence-corrected chi connectivity index (χ4v) is 2.95. The molecule has 4 heteroatoms. The number of nitrogens with zero attached hydrogens (tertiary/aromatic N) is 2. The van der Waals surface area contributed by atoms with Gasteiger partial charge in [-0.25, -0.2) is 0 Å². The van der Waals surface area contributed by atoms with Crippen LogP contribution >= 0.6 is 0 Å². The van der Waals surface area contributed by atoms with E-state index in [-0.39, 0.29) is 0 Å². The van der Waals surface area contributed by atoms with E-state index in [1.807, 2.05) is 13.8 Å². The van der Waals surface area contributed by atoms with Gasteiger partial charge in [0.1, 0.15) is 5.54 Å².